The number of furan rings is 1. The molecule has 0 bridgehead atoms. The van der Waals surface area contributed by atoms with Gasteiger partial charge in [-0.15, -0.1) is 0 Å². The lowest BCUT2D eigenvalue weighted by Crippen LogP contribution is -2.22. The van der Waals surface area contributed by atoms with Gasteiger partial charge in [0.25, 0.3) is 5.91 Å². The molecule has 5 rings (SSSR count). The number of pyridine rings is 1. The number of allylic oxidation sites excluding steroid dienone is 1. The van der Waals surface area contributed by atoms with E-state index in [9.17, 15) is 18.4 Å². The molecular weight excluding hydrogens is 454 g/mol. The van der Waals surface area contributed by atoms with E-state index < -0.39 is 30.1 Å². The predicted molar refractivity (Wildman–Crippen MR) is 127 cm³/mol. The fraction of sp³-hybridized carbons (Fsp3) is 0.148. The van der Waals surface area contributed by atoms with Crippen LogP contribution in [0.4, 0.5) is 14.5 Å². The Kier molecular flexibility index (Phi) is 6.10. The highest BCUT2D eigenvalue weighted by molar-refractivity contribution is 6.07. The van der Waals surface area contributed by atoms with Crippen molar-refractivity contribution in [1.82, 2.24) is 4.98 Å². The molecule has 2 aromatic carbocycles. The highest BCUT2D eigenvalue weighted by Crippen LogP contribution is 2.36. The quantitative estimate of drug-likeness (QED) is 0.371. The van der Waals surface area contributed by atoms with E-state index in [1.54, 1.807) is 18.4 Å². The number of rotatable bonds is 5. The lowest BCUT2D eigenvalue weighted by Gasteiger charge is -2.22. The number of fused-ring (bicyclic) bond motifs is 2. The molecule has 1 amide bonds. The minimum absolute atomic E-state index is 0.0596. The van der Waals surface area contributed by atoms with E-state index in [0.29, 0.717) is 34.3 Å². The van der Waals surface area contributed by atoms with E-state index in [-0.39, 0.29) is 5.69 Å². The first-order chi connectivity index (χ1) is 17.0. The summed E-state index contributed by atoms with van der Waals surface area (Å²) in [6.45, 7) is -0.585. The molecule has 8 heteroatoms. The van der Waals surface area contributed by atoms with Crippen molar-refractivity contribution < 1.29 is 27.5 Å². The van der Waals surface area contributed by atoms with Crippen LogP contribution in [0.25, 0.3) is 22.6 Å². The maximum Gasteiger partial charge on any atom is 0.339 e. The SMILES string of the molecule is O=C(COC(=O)c1c2c(nc3ccccc13)/C(=C\c1ccco1)CCC2)Nc1ccc(F)c(F)c1. The van der Waals surface area contributed by atoms with Crippen LogP contribution in [0.1, 0.15) is 40.2 Å². The number of nitrogens with zero attached hydrogens (tertiary/aromatic N) is 1. The first-order valence-electron chi connectivity index (χ1n) is 11.1. The Labute approximate surface area is 199 Å². The second-order valence-electron chi connectivity index (χ2n) is 8.12. The molecule has 0 saturated carbocycles. The van der Waals surface area contributed by atoms with Crippen LogP contribution in [-0.2, 0) is 16.0 Å². The second-order valence-corrected chi connectivity index (χ2v) is 8.12. The average Bonchev–Trinajstić information content (AvgIpc) is 3.37. The van der Waals surface area contributed by atoms with Crippen molar-refractivity contribution in [2.45, 2.75) is 19.3 Å². The number of amides is 1. The van der Waals surface area contributed by atoms with Crippen LogP contribution >= 0.6 is 0 Å². The van der Waals surface area contributed by atoms with Gasteiger partial charge in [0.05, 0.1) is 23.0 Å². The smallest absolute Gasteiger partial charge is 0.339 e. The topological polar surface area (TPSA) is 81.4 Å². The van der Waals surface area contributed by atoms with Crippen molar-refractivity contribution in [1.29, 1.82) is 0 Å². The first kappa shape index (κ1) is 22.5. The number of hydrogen-bond acceptors (Lipinski definition) is 5. The summed E-state index contributed by atoms with van der Waals surface area (Å²) in [5.41, 5.74) is 3.50. The summed E-state index contributed by atoms with van der Waals surface area (Å²) in [7, 11) is 0. The number of halogens is 2. The van der Waals surface area contributed by atoms with E-state index >= 15 is 0 Å². The number of para-hydroxylation sites is 1. The van der Waals surface area contributed by atoms with Crippen LogP contribution in [0.2, 0.25) is 0 Å². The standard InChI is InChI=1S/C27H20F2N2O4/c28-21-11-10-17(14-22(21)29)30-24(32)15-35-27(33)25-19-7-1-2-9-23(19)31-26-16(5-3-8-20(25)26)13-18-6-4-12-34-18/h1-2,4,6-7,9-14H,3,5,8,15H2,(H,30,32)/b16-13-. The molecule has 1 aliphatic carbocycles. The molecule has 1 aliphatic rings. The van der Waals surface area contributed by atoms with Crippen LogP contribution in [0.15, 0.2) is 65.3 Å². The van der Waals surface area contributed by atoms with Crippen molar-refractivity contribution in [3.8, 4) is 0 Å². The van der Waals surface area contributed by atoms with Gasteiger partial charge in [0.2, 0.25) is 0 Å². The van der Waals surface area contributed by atoms with Gasteiger partial charge in [-0.25, -0.2) is 18.6 Å². The molecule has 0 spiro atoms. The van der Waals surface area contributed by atoms with E-state index in [1.165, 1.54) is 6.07 Å². The van der Waals surface area contributed by atoms with Crippen molar-refractivity contribution in [3.63, 3.8) is 0 Å². The van der Waals surface area contributed by atoms with Gasteiger partial charge in [-0.05, 0) is 66.8 Å². The number of aromatic nitrogens is 1. The van der Waals surface area contributed by atoms with Gasteiger partial charge in [-0.2, -0.15) is 0 Å². The number of carbonyl (C=O) groups is 2. The molecule has 0 radical (unpaired) electrons. The van der Waals surface area contributed by atoms with Gasteiger partial charge in [0.15, 0.2) is 18.2 Å². The summed E-state index contributed by atoms with van der Waals surface area (Å²) in [5.74, 6) is -2.74. The lowest BCUT2D eigenvalue weighted by molar-refractivity contribution is -0.119. The minimum Gasteiger partial charge on any atom is -0.465 e. The molecule has 176 valence electrons. The molecule has 0 fully saturated rings. The van der Waals surface area contributed by atoms with Gasteiger partial charge in [-0.1, -0.05) is 18.2 Å². The third-order valence-electron chi connectivity index (χ3n) is 5.77. The Bertz CT molecular complexity index is 1460. The minimum atomic E-state index is -1.09. The molecule has 0 unspecified atom stereocenters. The molecule has 6 nitrogen and oxygen atoms in total. The molecular formula is C27H20F2N2O4. The van der Waals surface area contributed by atoms with Crippen LogP contribution in [0.5, 0.6) is 0 Å². The molecule has 0 atom stereocenters. The van der Waals surface area contributed by atoms with Gasteiger partial charge >= 0.3 is 5.97 Å². The predicted octanol–water partition coefficient (Wildman–Crippen LogP) is 5.78. The van der Waals surface area contributed by atoms with Crippen molar-refractivity contribution in [2.75, 3.05) is 11.9 Å². The number of ether oxygens (including phenoxy) is 1. The van der Waals surface area contributed by atoms with Gasteiger partial charge in [0.1, 0.15) is 5.76 Å². The highest BCUT2D eigenvalue weighted by Gasteiger charge is 2.26. The van der Waals surface area contributed by atoms with E-state index in [0.717, 1.165) is 36.1 Å². The zero-order chi connectivity index (χ0) is 24.4. The Hall–Kier alpha value is -4.33. The Morgan fingerprint density at radius 3 is 2.71 bits per heavy atom. The Morgan fingerprint density at radius 2 is 1.91 bits per heavy atom. The number of anilines is 1. The molecule has 35 heavy (non-hydrogen) atoms. The summed E-state index contributed by atoms with van der Waals surface area (Å²) in [6, 6.07) is 13.9. The normalized spacial score (nSPS) is 14.1. The molecule has 2 aromatic heterocycles. The largest absolute Gasteiger partial charge is 0.465 e. The van der Waals surface area contributed by atoms with Gasteiger partial charge in [-0.3, -0.25) is 4.79 Å². The van der Waals surface area contributed by atoms with Crippen LogP contribution in [-0.4, -0.2) is 23.5 Å². The average molecular weight is 474 g/mol. The molecule has 0 saturated heterocycles. The van der Waals surface area contributed by atoms with E-state index in [2.05, 4.69) is 5.32 Å². The van der Waals surface area contributed by atoms with E-state index in [1.807, 2.05) is 30.3 Å². The Morgan fingerprint density at radius 1 is 1.06 bits per heavy atom. The zero-order valence-electron chi connectivity index (χ0n) is 18.5. The number of carbonyl (C=O) groups excluding carboxylic acids is 2. The highest BCUT2D eigenvalue weighted by atomic mass is 19.2. The summed E-state index contributed by atoms with van der Waals surface area (Å²) >= 11 is 0. The van der Waals surface area contributed by atoms with Crippen molar-refractivity contribution in [3.05, 3.63) is 95.1 Å². The van der Waals surface area contributed by atoms with Crippen molar-refractivity contribution in [2.24, 2.45) is 0 Å². The van der Waals surface area contributed by atoms with E-state index in [4.69, 9.17) is 14.1 Å². The summed E-state index contributed by atoms with van der Waals surface area (Å²) in [6.07, 6.45) is 5.75. The molecule has 0 aliphatic heterocycles. The number of benzene rings is 2. The summed E-state index contributed by atoms with van der Waals surface area (Å²) in [4.78, 5) is 30.3. The first-order valence-corrected chi connectivity index (χ1v) is 11.1. The number of esters is 1. The summed E-state index contributed by atoms with van der Waals surface area (Å²) < 4.78 is 37.3. The maximum absolute atomic E-state index is 13.4. The van der Waals surface area contributed by atoms with Crippen LogP contribution in [0, 0.1) is 11.6 Å². The molecule has 4 aromatic rings. The van der Waals surface area contributed by atoms with Crippen molar-refractivity contribution >= 4 is 40.1 Å². The number of hydrogen-bond donors (Lipinski definition) is 1. The number of nitrogens with one attached hydrogen (secondary N) is 1. The molecule has 2 heterocycles. The monoisotopic (exact) mass is 474 g/mol. The zero-order valence-corrected chi connectivity index (χ0v) is 18.5. The second kappa shape index (κ2) is 9.50. The fourth-order valence-electron chi connectivity index (χ4n) is 4.23. The third-order valence-corrected chi connectivity index (χ3v) is 5.77. The Balaban J connectivity index is 1.43. The lowest BCUT2D eigenvalue weighted by atomic mass is 9.86. The summed E-state index contributed by atoms with van der Waals surface area (Å²) in [5, 5.41) is 3.03. The van der Waals surface area contributed by atoms with Crippen LogP contribution in [0.3, 0.4) is 0 Å². The molecule has 1 N–H and O–H groups in total. The fourth-order valence-corrected chi connectivity index (χ4v) is 4.23. The van der Waals surface area contributed by atoms with Gasteiger partial charge < -0.3 is 14.5 Å². The van der Waals surface area contributed by atoms with Gasteiger partial charge in [0, 0.05) is 17.1 Å². The third kappa shape index (κ3) is 4.68. The van der Waals surface area contributed by atoms with Crippen LogP contribution < -0.4 is 5.32 Å². The maximum atomic E-state index is 13.4.